The minimum absolute atomic E-state index is 0.0328. The number of aryl methyl sites for hydroxylation is 1. The van der Waals surface area contributed by atoms with Crippen molar-refractivity contribution in [2.75, 3.05) is 0 Å². The molecule has 6 heteroatoms. The first-order valence-corrected chi connectivity index (χ1v) is 4.79. The van der Waals surface area contributed by atoms with Crippen LogP contribution in [-0.2, 0) is 11.3 Å². The molecule has 0 aliphatic rings. The maximum atomic E-state index is 10.4. The van der Waals surface area contributed by atoms with E-state index in [0.29, 0.717) is 12.2 Å². The fourth-order valence-electron chi connectivity index (χ4n) is 1.25. The molecule has 82 valence electrons. The Hall–Kier alpha value is -2.24. The molecule has 2 rings (SSSR count). The zero-order chi connectivity index (χ0) is 11.4. The number of aromatic nitrogens is 4. The van der Waals surface area contributed by atoms with Crippen molar-refractivity contribution in [1.82, 2.24) is 20.0 Å². The second-order valence-electron chi connectivity index (χ2n) is 3.23. The van der Waals surface area contributed by atoms with Crippen LogP contribution in [0.15, 0.2) is 30.6 Å². The summed E-state index contributed by atoms with van der Waals surface area (Å²) in [7, 11) is 0. The summed E-state index contributed by atoms with van der Waals surface area (Å²) in [5.41, 5.74) is 1.37. The molecule has 0 atom stereocenters. The average molecular weight is 218 g/mol. The van der Waals surface area contributed by atoms with Crippen LogP contribution in [-0.4, -0.2) is 31.1 Å². The standard InChI is InChI=1S/C10H10N4O2/c15-10(16)4-6-14-7-9(12-13-14)8-3-1-2-5-11-8/h1-3,5,7H,4,6H2,(H,15,16). The van der Waals surface area contributed by atoms with Gasteiger partial charge in [0.2, 0.25) is 0 Å². The van der Waals surface area contributed by atoms with Crippen LogP contribution in [0.2, 0.25) is 0 Å². The van der Waals surface area contributed by atoms with E-state index < -0.39 is 5.97 Å². The van der Waals surface area contributed by atoms with E-state index in [0.717, 1.165) is 5.69 Å². The molecule has 2 aromatic rings. The van der Waals surface area contributed by atoms with Crippen molar-refractivity contribution in [3.05, 3.63) is 30.6 Å². The SMILES string of the molecule is O=C(O)CCn1cc(-c2ccccn2)nn1. The van der Waals surface area contributed by atoms with Gasteiger partial charge in [-0.25, -0.2) is 0 Å². The summed E-state index contributed by atoms with van der Waals surface area (Å²) in [5.74, 6) is -0.852. The Morgan fingerprint density at radius 2 is 2.25 bits per heavy atom. The van der Waals surface area contributed by atoms with Crippen molar-refractivity contribution >= 4 is 5.97 Å². The lowest BCUT2D eigenvalue weighted by Gasteiger charge is -1.94. The van der Waals surface area contributed by atoms with E-state index >= 15 is 0 Å². The summed E-state index contributed by atoms with van der Waals surface area (Å²) < 4.78 is 1.50. The lowest BCUT2D eigenvalue weighted by Crippen LogP contribution is -2.04. The molecule has 2 heterocycles. The first-order valence-electron chi connectivity index (χ1n) is 4.79. The molecule has 0 spiro atoms. The molecular weight excluding hydrogens is 208 g/mol. The van der Waals surface area contributed by atoms with Crippen LogP contribution in [0.4, 0.5) is 0 Å². The van der Waals surface area contributed by atoms with Crippen molar-refractivity contribution in [2.24, 2.45) is 0 Å². The molecule has 0 saturated carbocycles. The van der Waals surface area contributed by atoms with Crippen molar-refractivity contribution in [3.63, 3.8) is 0 Å². The summed E-state index contributed by atoms with van der Waals surface area (Å²) in [6, 6.07) is 5.50. The van der Waals surface area contributed by atoms with E-state index in [4.69, 9.17) is 5.11 Å². The van der Waals surface area contributed by atoms with E-state index in [-0.39, 0.29) is 6.42 Å². The van der Waals surface area contributed by atoms with E-state index in [1.807, 2.05) is 18.2 Å². The summed E-state index contributed by atoms with van der Waals surface area (Å²) in [6.07, 6.45) is 3.39. The van der Waals surface area contributed by atoms with Crippen LogP contribution in [0, 0.1) is 0 Å². The number of hydrogen-bond acceptors (Lipinski definition) is 4. The number of rotatable bonds is 4. The van der Waals surface area contributed by atoms with Crippen LogP contribution >= 0.6 is 0 Å². The monoisotopic (exact) mass is 218 g/mol. The third-order valence-electron chi connectivity index (χ3n) is 2.02. The Morgan fingerprint density at radius 3 is 2.94 bits per heavy atom. The van der Waals surface area contributed by atoms with Gasteiger partial charge in [-0.2, -0.15) is 0 Å². The number of pyridine rings is 1. The molecule has 0 radical (unpaired) electrons. The van der Waals surface area contributed by atoms with Gasteiger partial charge in [0, 0.05) is 6.20 Å². The van der Waals surface area contributed by atoms with E-state index in [2.05, 4.69) is 15.3 Å². The smallest absolute Gasteiger partial charge is 0.305 e. The third-order valence-corrected chi connectivity index (χ3v) is 2.02. The maximum Gasteiger partial charge on any atom is 0.305 e. The highest BCUT2D eigenvalue weighted by atomic mass is 16.4. The van der Waals surface area contributed by atoms with Crippen LogP contribution in [0.5, 0.6) is 0 Å². The van der Waals surface area contributed by atoms with Gasteiger partial charge in [-0.15, -0.1) is 5.10 Å². The molecule has 0 aromatic carbocycles. The maximum absolute atomic E-state index is 10.4. The molecule has 0 fully saturated rings. The van der Waals surface area contributed by atoms with Crippen molar-refractivity contribution < 1.29 is 9.90 Å². The van der Waals surface area contributed by atoms with Gasteiger partial charge >= 0.3 is 5.97 Å². The van der Waals surface area contributed by atoms with Crippen LogP contribution in [0.25, 0.3) is 11.4 Å². The van der Waals surface area contributed by atoms with Gasteiger partial charge in [0.25, 0.3) is 0 Å². The summed E-state index contributed by atoms with van der Waals surface area (Å²) >= 11 is 0. The van der Waals surface area contributed by atoms with Crippen LogP contribution in [0.1, 0.15) is 6.42 Å². The molecule has 6 nitrogen and oxygen atoms in total. The number of nitrogens with zero attached hydrogens (tertiary/aromatic N) is 4. The first kappa shape index (κ1) is 10.3. The Kier molecular flexibility index (Phi) is 2.90. The van der Waals surface area contributed by atoms with Crippen molar-refractivity contribution in [1.29, 1.82) is 0 Å². The fraction of sp³-hybridized carbons (Fsp3) is 0.200. The zero-order valence-electron chi connectivity index (χ0n) is 8.45. The van der Waals surface area contributed by atoms with E-state index in [1.54, 1.807) is 12.4 Å². The molecule has 0 unspecified atom stereocenters. The lowest BCUT2D eigenvalue weighted by atomic mass is 10.3. The highest BCUT2D eigenvalue weighted by Crippen LogP contribution is 2.11. The molecule has 0 bridgehead atoms. The predicted molar refractivity (Wildman–Crippen MR) is 55.5 cm³/mol. The van der Waals surface area contributed by atoms with Gasteiger partial charge < -0.3 is 5.11 Å². The Balaban J connectivity index is 2.11. The van der Waals surface area contributed by atoms with Gasteiger partial charge in [-0.1, -0.05) is 11.3 Å². The van der Waals surface area contributed by atoms with Crippen molar-refractivity contribution in [3.8, 4) is 11.4 Å². The zero-order valence-corrected chi connectivity index (χ0v) is 8.45. The predicted octanol–water partition coefficient (Wildman–Crippen LogP) is 0.815. The quantitative estimate of drug-likeness (QED) is 0.821. The van der Waals surface area contributed by atoms with Gasteiger partial charge in [0.1, 0.15) is 5.69 Å². The summed E-state index contributed by atoms with van der Waals surface area (Å²) in [5, 5.41) is 16.3. The highest BCUT2D eigenvalue weighted by molar-refractivity contribution is 5.66. The van der Waals surface area contributed by atoms with Crippen molar-refractivity contribution in [2.45, 2.75) is 13.0 Å². The normalized spacial score (nSPS) is 10.2. The summed E-state index contributed by atoms with van der Waals surface area (Å²) in [4.78, 5) is 14.5. The van der Waals surface area contributed by atoms with Gasteiger partial charge in [-0.3, -0.25) is 14.5 Å². The average Bonchev–Trinajstić information content (AvgIpc) is 2.76. The van der Waals surface area contributed by atoms with Gasteiger partial charge in [-0.05, 0) is 12.1 Å². The van der Waals surface area contributed by atoms with Gasteiger partial charge in [0.05, 0.1) is 24.9 Å². The molecule has 0 amide bonds. The molecule has 1 N–H and O–H groups in total. The summed E-state index contributed by atoms with van der Waals surface area (Å²) in [6.45, 7) is 0.315. The number of carboxylic acid groups (broad SMARTS) is 1. The minimum Gasteiger partial charge on any atom is -0.481 e. The number of carboxylic acids is 1. The second-order valence-corrected chi connectivity index (χ2v) is 3.23. The lowest BCUT2D eigenvalue weighted by molar-refractivity contribution is -0.137. The molecular formula is C10H10N4O2. The van der Waals surface area contributed by atoms with Crippen LogP contribution < -0.4 is 0 Å². The number of aliphatic carboxylic acids is 1. The highest BCUT2D eigenvalue weighted by Gasteiger charge is 2.05. The Bertz CT molecular complexity index is 481. The molecule has 0 aliphatic carbocycles. The second kappa shape index (κ2) is 4.52. The molecule has 0 saturated heterocycles. The van der Waals surface area contributed by atoms with Crippen LogP contribution in [0.3, 0.4) is 0 Å². The van der Waals surface area contributed by atoms with E-state index in [1.165, 1.54) is 4.68 Å². The topological polar surface area (TPSA) is 80.9 Å². The van der Waals surface area contributed by atoms with Gasteiger partial charge in [0.15, 0.2) is 0 Å². The Morgan fingerprint density at radius 1 is 1.38 bits per heavy atom. The molecule has 16 heavy (non-hydrogen) atoms. The fourth-order valence-corrected chi connectivity index (χ4v) is 1.25. The number of carbonyl (C=O) groups is 1. The third kappa shape index (κ3) is 2.41. The Labute approximate surface area is 91.6 Å². The first-order chi connectivity index (χ1) is 7.75. The molecule has 2 aromatic heterocycles. The largest absolute Gasteiger partial charge is 0.481 e. The molecule has 0 aliphatic heterocycles. The number of hydrogen-bond donors (Lipinski definition) is 1. The minimum atomic E-state index is -0.852. The van der Waals surface area contributed by atoms with E-state index in [9.17, 15) is 4.79 Å².